The van der Waals surface area contributed by atoms with Gasteiger partial charge >= 0.3 is 0 Å². The number of hydrogen-bond acceptors (Lipinski definition) is 7. The number of benzene rings is 6. The molecular formula is C46H30N6O. The molecule has 7 nitrogen and oxygen atoms in total. The summed E-state index contributed by atoms with van der Waals surface area (Å²) >= 11 is 0. The highest BCUT2D eigenvalue weighted by molar-refractivity contribution is 6.25. The molecule has 0 spiro atoms. The van der Waals surface area contributed by atoms with Crippen LogP contribution in [-0.2, 0) is 4.94 Å². The van der Waals surface area contributed by atoms with Gasteiger partial charge in [0, 0.05) is 44.3 Å². The number of nitrogens with one attached hydrogen (secondary N) is 1. The summed E-state index contributed by atoms with van der Waals surface area (Å²) in [5.41, 5.74) is 15.9. The molecule has 2 aromatic heterocycles. The minimum atomic E-state index is -0.219. The third kappa shape index (κ3) is 5.47. The Kier molecular flexibility index (Phi) is 7.48. The van der Waals surface area contributed by atoms with E-state index in [0.717, 1.165) is 78.0 Å². The lowest BCUT2D eigenvalue weighted by molar-refractivity contribution is 0.0686. The van der Waals surface area contributed by atoms with Gasteiger partial charge in [0.1, 0.15) is 11.8 Å². The highest BCUT2D eigenvalue weighted by Crippen LogP contribution is 2.42. The number of rotatable bonds is 6. The average Bonchev–Trinajstić information content (AvgIpc) is 3.74. The highest BCUT2D eigenvalue weighted by Gasteiger charge is 2.37. The Morgan fingerprint density at radius 3 is 1.55 bits per heavy atom. The van der Waals surface area contributed by atoms with E-state index in [1.165, 1.54) is 0 Å². The van der Waals surface area contributed by atoms with Crippen LogP contribution in [0, 0.1) is 0 Å². The van der Waals surface area contributed by atoms with Gasteiger partial charge in [-0.2, -0.15) is 0 Å². The number of nitrogens with zero attached hydrogens (tertiary/aromatic N) is 5. The third-order valence-corrected chi connectivity index (χ3v) is 9.82. The molecule has 1 unspecified atom stereocenters. The van der Waals surface area contributed by atoms with Crippen molar-refractivity contribution in [3.63, 3.8) is 0 Å². The zero-order chi connectivity index (χ0) is 35.1. The minimum Gasteiger partial charge on any atom is -0.298 e. The van der Waals surface area contributed by atoms with E-state index in [-0.39, 0.29) is 6.04 Å². The second kappa shape index (κ2) is 12.9. The Balaban J connectivity index is 1.13. The fraction of sp³-hybridized carbons (Fsp3) is 0.0217. The van der Waals surface area contributed by atoms with Crippen LogP contribution in [0.4, 0.5) is 0 Å². The summed E-state index contributed by atoms with van der Waals surface area (Å²) < 4.78 is 0. The second-order valence-electron chi connectivity index (χ2n) is 13.0. The number of fused-ring (bicyclic) bond motifs is 5. The van der Waals surface area contributed by atoms with Crippen LogP contribution >= 0.6 is 0 Å². The van der Waals surface area contributed by atoms with Crippen LogP contribution in [0.25, 0.3) is 79.1 Å². The molecule has 0 amide bonds. The van der Waals surface area contributed by atoms with E-state index in [0.29, 0.717) is 17.5 Å². The number of pyridine rings is 1. The Morgan fingerprint density at radius 1 is 0.453 bits per heavy atom. The molecule has 250 valence electrons. The molecule has 7 heteroatoms. The number of para-hydroxylation sites is 1. The topological polar surface area (TPSA) is 85.2 Å². The third-order valence-electron chi connectivity index (χ3n) is 9.82. The Bertz CT molecular complexity index is 2640. The van der Waals surface area contributed by atoms with E-state index < -0.39 is 0 Å². The van der Waals surface area contributed by atoms with Crippen molar-refractivity contribution >= 4 is 28.3 Å². The van der Waals surface area contributed by atoms with E-state index in [1.54, 1.807) is 0 Å². The summed E-state index contributed by atoms with van der Waals surface area (Å²) in [5, 5.41) is 5.60. The molecule has 1 aliphatic carbocycles. The summed E-state index contributed by atoms with van der Waals surface area (Å²) in [5.74, 6) is 1.87. The van der Waals surface area contributed by atoms with Crippen LogP contribution < -0.4 is 5.48 Å². The highest BCUT2D eigenvalue weighted by atomic mass is 16.8. The van der Waals surface area contributed by atoms with Gasteiger partial charge in [-0.3, -0.25) is 4.94 Å². The molecule has 2 aliphatic rings. The van der Waals surface area contributed by atoms with Crippen molar-refractivity contribution in [2.45, 2.75) is 6.04 Å². The quantitative estimate of drug-likeness (QED) is 0.188. The van der Waals surface area contributed by atoms with Gasteiger partial charge in [-0.05, 0) is 22.8 Å². The van der Waals surface area contributed by atoms with E-state index >= 15 is 0 Å². The number of hydrogen-bond donors (Lipinski definition) is 1. The predicted molar refractivity (Wildman–Crippen MR) is 211 cm³/mol. The van der Waals surface area contributed by atoms with Gasteiger partial charge in [0.25, 0.3) is 0 Å². The molecule has 0 fully saturated rings. The van der Waals surface area contributed by atoms with Gasteiger partial charge in [-0.1, -0.05) is 169 Å². The van der Waals surface area contributed by atoms with Gasteiger partial charge < -0.3 is 0 Å². The Labute approximate surface area is 306 Å². The normalized spacial score (nSPS) is 14.5. The molecule has 3 heterocycles. The molecule has 0 saturated carbocycles. The van der Waals surface area contributed by atoms with Crippen molar-refractivity contribution < 1.29 is 4.94 Å². The smallest absolute Gasteiger partial charge is 0.164 e. The molecule has 10 rings (SSSR count). The standard InChI is InChI=1S/C46H30N6O/c1-5-14-29(15-6-1)37-28-38-39(43-42(37)51-53-52-43)36-23-13-22-35(41(36)47-40(38)31-16-7-2-8-17-31)30-24-26-34(27-25-30)46-49-44(32-18-9-3-10-19-32)48-45(50-46)33-20-11-4-12-21-33/h1-28,42,51H. The summed E-state index contributed by atoms with van der Waals surface area (Å²) in [4.78, 5) is 25.8. The SMILES string of the molecule is C1=C(c2ccccc2)C2NON=C2c2c1c(-c1ccccc1)nc1c(-c3ccc(-c4nc(-c5ccccc5)nc(-c5ccccc5)n4)cc3)cccc21. The first kappa shape index (κ1) is 30.7. The fourth-order valence-electron chi connectivity index (χ4n) is 7.26. The Morgan fingerprint density at radius 2 is 0.962 bits per heavy atom. The maximum Gasteiger partial charge on any atom is 0.164 e. The average molecular weight is 683 g/mol. The molecule has 53 heavy (non-hydrogen) atoms. The molecular weight excluding hydrogens is 653 g/mol. The Hall–Kier alpha value is -7.09. The zero-order valence-electron chi connectivity index (χ0n) is 28.4. The van der Waals surface area contributed by atoms with E-state index in [2.05, 4.69) is 108 Å². The molecule has 1 atom stereocenters. The van der Waals surface area contributed by atoms with Gasteiger partial charge in [0.05, 0.1) is 11.2 Å². The van der Waals surface area contributed by atoms with Crippen LogP contribution in [-0.4, -0.2) is 31.7 Å². The molecule has 0 bridgehead atoms. The van der Waals surface area contributed by atoms with Crippen molar-refractivity contribution in [1.82, 2.24) is 25.4 Å². The van der Waals surface area contributed by atoms with Crippen molar-refractivity contribution in [3.8, 4) is 56.5 Å². The summed E-state index contributed by atoms with van der Waals surface area (Å²) in [6.45, 7) is 0. The van der Waals surface area contributed by atoms with Crippen molar-refractivity contribution in [2.24, 2.45) is 5.16 Å². The van der Waals surface area contributed by atoms with E-state index in [4.69, 9.17) is 24.9 Å². The first-order valence-corrected chi connectivity index (χ1v) is 17.6. The molecule has 0 saturated heterocycles. The molecule has 1 aliphatic heterocycles. The largest absolute Gasteiger partial charge is 0.298 e. The maximum atomic E-state index is 5.60. The number of aromatic nitrogens is 4. The maximum absolute atomic E-state index is 5.60. The van der Waals surface area contributed by atoms with Crippen molar-refractivity contribution in [1.29, 1.82) is 0 Å². The molecule has 0 radical (unpaired) electrons. The van der Waals surface area contributed by atoms with Crippen LogP contribution in [0.15, 0.2) is 169 Å². The summed E-state index contributed by atoms with van der Waals surface area (Å²) in [6.07, 6.45) is 2.24. The minimum absolute atomic E-state index is 0.219. The fourth-order valence-corrected chi connectivity index (χ4v) is 7.26. The number of hydroxylamine groups is 1. The van der Waals surface area contributed by atoms with Gasteiger partial charge in [-0.15, -0.1) is 5.48 Å². The van der Waals surface area contributed by atoms with Crippen LogP contribution in [0.2, 0.25) is 0 Å². The first-order valence-electron chi connectivity index (χ1n) is 17.6. The molecule has 6 aromatic carbocycles. The van der Waals surface area contributed by atoms with Crippen LogP contribution in [0.5, 0.6) is 0 Å². The lowest BCUT2D eigenvalue weighted by atomic mass is 9.80. The van der Waals surface area contributed by atoms with E-state index in [1.807, 2.05) is 72.8 Å². The van der Waals surface area contributed by atoms with E-state index in [9.17, 15) is 0 Å². The van der Waals surface area contributed by atoms with Gasteiger partial charge in [-0.25, -0.2) is 19.9 Å². The molecule has 8 aromatic rings. The number of oxime groups is 1. The van der Waals surface area contributed by atoms with Crippen LogP contribution in [0.3, 0.4) is 0 Å². The lowest BCUT2D eigenvalue weighted by Gasteiger charge is -2.26. The lowest BCUT2D eigenvalue weighted by Crippen LogP contribution is -2.34. The van der Waals surface area contributed by atoms with Crippen molar-refractivity contribution in [3.05, 3.63) is 180 Å². The van der Waals surface area contributed by atoms with Crippen LogP contribution in [0.1, 0.15) is 16.7 Å². The van der Waals surface area contributed by atoms with Gasteiger partial charge in [0.15, 0.2) is 17.5 Å². The second-order valence-corrected chi connectivity index (χ2v) is 13.0. The summed E-state index contributed by atoms with van der Waals surface area (Å²) in [6, 6.07) is 55.3. The monoisotopic (exact) mass is 682 g/mol. The van der Waals surface area contributed by atoms with Crippen molar-refractivity contribution in [2.75, 3.05) is 0 Å². The predicted octanol–water partition coefficient (Wildman–Crippen LogP) is 9.92. The first-order chi connectivity index (χ1) is 26.3. The van der Waals surface area contributed by atoms with Gasteiger partial charge in [0.2, 0.25) is 0 Å². The summed E-state index contributed by atoms with van der Waals surface area (Å²) in [7, 11) is 0. The molecule has 1 N–H and O–H groups in total. The zero-order valence-corrected chi connectivity index (χ0v) is 28.4.